The molecule has 1 aromatic rings. The highest BCUT2D eigenvalue weighted by Gasteiger charge is 2.30. The molecule has 21 heavy (non-hydrogen) atoms. The zero-order valence-electron chi connectivity index (χ0n) is 12.5. The van der Waals surface area contributed by atoms with Gasteiger partial charge in [-0.1, -0.05) is 19.9 Å². The first-order valence-electron chi connectivity index (χ1n) is 7.26. The molecule has 0 radical (unpaired) electrons. The number of amides is 1. The Morgan fingerprint density at radius 1 is 1.57 bits per heavy atom. The molecule has 2 rings (SSSR count). The standard InChI is InChI=1S/C16H21N3O2/c1-11(2)16(20)19-8-4-5-12(19)10-21-15-7-3-6-14(18)13(15)9-17/h3,6-7,11-12H,4-5,8,10,18H2,1-2H3. The number of rotatable bonds is 4. The minimum absolute atomic E-state index is 0.00682. The van der Waals surface area contributed by atoms with Crippen LogP contribution in [0.25, 0.3) is 0 Å². The van der Waals surface area contributed by atoms with E-state index in [4.69, 9.17) is 15.7 Å². The minimum Gasteiger partial charge on any atom is -0.490 e. The molecule has 5 heteroatoms. The maximum absolute atomic E-state index is 12.1. The van der Waals surface area contributed by atoms with E-state index in [2.05, 4.69) is 6.07 Å². The summed E-state index contributed by atoms with van der Waals surface area (Å²) in [6, 6.07) is 7.31. The van der Waals surface area contributed by atoms with Crippen LogP contribution in [0.1, 0.15) is 32.3 Å². The van der Waals surface area contributed by atoms with Crippen LogP contribution < -0.4 is 10.5 Å². The maximum atomic E-state index is 12.1. The largest absolute Gasteiger partial charge is 0.490 e. The number of likely N-dealkylation sites (tertiary alicyclic amines) is 1. The predicted molar refractivity (Wildman–Crippen MR) is 80.6 cm³/mol. The van der Waals surface area contributed by atoms with Gasteiger partial charge in [0, 0.05) is 12.5 Å². The molecule has 0 aromatic heterocycles. The molecule has 1 amide bonds. The Morgan fingerprint density at radius 2 is 2.33 bits per heavy atom. The molecule has 0 bridgehead atoms. The number of hydrogen-bond donors (Lipinski definition) is 1. The van der Waals surface area contributed by atoms with Crippen LogP contribution in [0.5, 0.6) is 5.75 Å². The Morgan fingerprint density at radius 3 is 3.00 bits per heavy atom. The second-order valence-corrected chi connectivity index (χ2v) is 5.63. The highest BCUT2D eigenvalue weighted by molar-refractivity contribution is 5.78. The predicted octanol–water partition coefficient (Wildman–Crippen LogP) is 2.17. The van der Waals surface area contributed by atoms with Crippen molar-refractivity contribution in [3.05, 3.63) is 23.8 Å². The van der Waals surface area contributed by atoms with Crippen molar-refractivity contribution in [2.75, 3.05) is 18.9 Å². The SMILES string of the molecule is CC(C)C(=O)N1CCCC1COc1cccc(N)c1C#N. The lowest BCUT2D eigenvalue weighted by Gasteiger charge is -2.26. The van der Waals surface area contributed by atoms with E-state index in [1.807, 2.05) is 18.7 Å². The molecule has 2 N–H and O–H groups in total. The third-order valence-corrected chi connectivity index (χ3v) is 3.76. The van der Waals surface area contributed by atoms with Crippen molar-refractivity contribution < 1.29 is 9.53 Å². The van der Waals surface area contributed by atoms with Crippen molar-refractivity contribution >= 4 is 11.6 Å². The Kier molecular flexibility index (Phi) is 4.69. The summed E-state index contributed by atoms with van der Waals surface area (Å²) in [6.45, 7) is 5.00. The number of nitrogens with zero attached hydrogens (tertiary/aromatic N) is 2. The van der Waals surface area contributed by atoms with Crippen LogP contribution in [0.4, 0.5) is 5.69 Å². The number of benzene rings is 1. The van der Waals surface area contributed by atoms with Gasteiger partial charge in [-0.05, 0) is 25.0 Å². The Labute approximate surface area is 125 Å². The van der Waals surface area contributed by atoms with Crippen molar-refractivity contribution in [1.82, 2.24) is 4.90 Å². The highest BCUT2D eigenvalue weighted by atomic mass is 16.5. The lowest BCUT2D eigenvalue weighted by molar-refractivity contribution is -0.135. The van der Waals surface area contributed by atoms with E-state index in [9.17, 15) is 4.79 Å². The quantitative estimate of drug-likeness (QED) is 0.861. The van der Waals surface area contributed by atoms with Gasteiger partial charge in [-0.25, -0.2) is 0 Å². The number of carbonyl (C=O) groups excluding carboxylic acids is 1. The zero-order chi connectivity index (χ0) is 15.4. The van der Waals surface area contributed by atoms with Crippen LogP contribution in [0.3, 0.4) is 0 Å². The van der Waals surface area contributed by atoms with E-state index in [-0.39, 0.29) is 17.9 Å². The van der Waals surface area contributed by atoms with Gasteiger partial charge >= 0.3 is 0 Å². The molecule has 5 nitrogen and oxygen atoms in total. The van der Waals surface area contributed by atoms with Crippen LogP contribution in [-0.2, 0) is 4.79 Å². The minimum atomic E-state index is -0.00682. The van der Waals surface area contributed by atoms with Gasteiger partial charge in [-0.15, -0.1) is 0 Å². The lowest BCUT2D eigenvalue weighted by atomic mass is 10.1. The van der Waals surface area contributed by atoms with E-state index in [0.29, 0.717) is 23.6 Å². The third kappa shape index (κ3) is 3.27. The molecule has 1 atom stereocenters. The van der Waals surface area contributed by atoms with Crippen LogP contribution in [0.2, 0.25) is 0 Å². The summed E-state index contributed by atoms with van der Waals surface area (Å²) in [5.74, 6) is 0.642. The van der Waals surface area contributed by atoms with E-state index >= 15 is 0 Å². The molecular weight excluding hydrogens is 266 g/mol. The average molecular weight is 287 g/mol. The Hall–Kier alpha value is -2.22. The summed E-state index contributed by atoms with van der Waals surface area (Å²) < 4.78 is 5.76. The summed E-state index contributed by atoms with van der Waals surface area (Å²) in [6.07, 6.45) is 1.93. The van der Waals surface area contributed by atoms with Crippen LogP contribution >= 0.6 is 0 Å². The second kappa shape index (κ2) is 6.49. The number of nitrogen functional groups attached to an aromatic ring is 1. The Balaban J connectivity index is 2.05. The smallest absolute Gasteiger partial charge is 0.225 e. The number of carbonyl (C=O) groups is 1. The van der Waals surface area contributed by atoms with Crippen molar-refractivity contribution in [2.24, 2.45) is 5.92 Å². The number of hydrogen-bond acceptors (Lipinski definition) is 4. The van der Waals surface area contributed by atoms with Gasteiger partial charge < -0.3 is 15.4 Å². The first-order chi connectivity index (χ1) is 10.0. The molecule has 1 aromatic carbocycles. The van der Waals surface area contributed by atoms with Crippen LogP contribution in [-0.4, -0.2) is 30.0 Å². The summed E-state index contributed by atoms with van der Waals surface area (Å²) in [5, 5.41) is 9.13. The molecule has 1 aliphatic rings. The molecule has 1 heterocycles. The monoisotopic (exact) mass is 287 g/mol. The van der Waals surface area contributed by atoms with Gasteiger partial charge in [0.2, 0.25) is 5.91 Å². The van der Waals surface area contributed by atoms with Gasteiger partial charge in [0.05, 0.1) is 11.7 Å². The molecule has 1 fully saturated rings. The summed E-state index contributed by atoms with van der Waals surface area (Å²) in [5.41, 5.74) is 6.54. The van der Waals surface area contributed by atoms with E-state index < -0.39 is 0 Å². The fourth-order valence-corrected chi connectivity index (χ4v) is 2.60. The number of anilines is 1. The summed E-state index contributed by atoms with van der Waals surface area (Å²) >= 11 is 0. The van der Waals surface area contributed by atoms with E-state index in [0.717, 1.165) is 19.4 Å². The van der Waals surface area contributed by atoms with Crippen molar-refractivity contribution in [3.8, 4) is 11.8 Å². The van der Waals surface area contributed by atoms with Gasteiger partial charge in [0.25, 0.3) is 0 Å². The van der Waals surface area contributed by atoms with Crippen molar-refractivity contribution in [3.63, 3.8) is 0 Å². The zero-order valence-corrected chi connectivity index (χ0v) is 12.5. The first kappa shape index (κ1) is 15.2. The summed E-state index contributed by atoms with van der Waals surface area (Å²) in [4.78, 5) is 14.0. The summed E-state index contributed by atoms with van der Waals surface area (Å²) in [7, 11) is 0. The fourth-order valence-electron chi connectivity index (χ4n) is 2.60. The average Bonchev–Trinajstić information content (AvgIpc) is 2.92. The molecule has 0 aliphatic carbocycles. The molecule has 1 aliphatic heterocycles. The molecule has 1 unspecified atom stereocenters. The molecule has 0 saturated carbocycles. The maximum Gasteiger partial charge on any atom is 0.225 e. The normalized spacial score (nSPS) is 17.8. The van der Waals surface area contributed by atoms with Crippen molar-refractivity contribution in [1.29, 1.82) is 5.26 Å². The topological polar surface area (TPSA) is 79.3 Å². The molecule has 1 saturated heterocycles. The van der Waals surface area contributed by atoms with Gasteiger partial charge in [0.1, 0.15) is 24.0 Å². The van der Waals surface area contributed by atoms with Crippen molar-refractivity contribution in [2.45, 2.75) is 32.7 Å². The molecular formula is C16H21N3O2. The van der Waals surface area contributed by atoms with E-state index in [1.54, 1.807) is 18.2 Å². The van der Waals surface area contributed by atoms with Gasteiger partial charge in [0.15, 0.2) is 0 Å². The van der Waals surface area contributed by atoms with Gasteiger partial charge in [-0.3, -0.25) is 4.79 Å². The molecule has 0 spiro atoms. The first-order valence-corrected chi connectivity index (χ1v) is 7.26. The third-order valence-electron chi connectivity index (χ3n) is 3.76. The van der Waals surface area contributed by atoms with Crippen LogP contribution in [0.15, 0.2) is 18.2 Å². The highest BCUT2D eigenvalue weighted by Crippen LogP contribution is 2.25. The number of ether oxygens (including phenoxy) is 1. The van der Waals surface area contributed by atoms with E-state index in [1.165, 1.54) is 0 Å². The Bertz CT molecular complexity index is 563. The van der Waals surface area contributed by atoms with Gasteiger partial charge in [-0.2, -0.15) is 5.26 Å². The molecule has 112 valence electrons. The number of nitriles is 1. The fraction of sp³-hybridized carbons (Fsp3) is 0.500. The number of nitrogens with two attached hydrogens (primary N) is 1. The second-order valence-electron chi connectivity index (χ2n) is 5.63. The lowest BCUT2D eigenvalue weighted by Crippen LogP contribution is -2.41. The van der Waals surface area contributed by atoms with Crippen LogP contribution in [0, 0.1) is 17.2 Å².